The highest BCUT2D eigenvalue weighted by atomic mass is 19.1. The summed E-state index contributed by atoms with van der Waals surface area (Å²) in [6, 6.07) is 9.08. The van der Waals surface area contributed by atoms with E-state index >= 15 is 0 Å². The molecule has 0 spiro atoms. The minimum Gasteiger partial charge on any atom is -0.340 e. The third-order valence-corrected chi connectivity index (χ3v) is 2.95. The molecule has 1 heterocycles. The summed E-state index contributed by atoms with van der Waals surface area (Å²) < 4.78 is 12.9. The van der Waals surface area contributed by atoms with Crippen molar-refractivity contribution in [3.05, 3.63) is 54.0 Å². The number of carbonyl (C=O) groups excluding carboxylic acids is 1. The summed E-state index contributed by atoms with van der Waals surface area (Å²) in [6.07, 6.45) is 6.94. The Morgan fingerprint density at radius 3 is 2.59 bits per heavy atom. The van der Waals surface area contributed by atoms with Gasteiger partial charge in [0.1, 0.15) is 11.6 Å². The fraction of sp³-hybridized carbons (Fsp3) is 0.176. The number of nitrogens with one attached hydrogen (secondary N) is 2. The lowest BCUT2D eigenvalue weighted by Crippen LogP contribution is -2.42. The first-order chi connectivity index (χ1) is 10.4. The van der Waals surface area contributed by atoms with Crippen LogP contribution in [-0.4, -0.2) is 16.4 Å². The maximum atomic E-state index is 12.9. The average molecular weight is 297 g/mol. The van der Waals surface area contributed by atoms with E-state index in [2.05, 4.69) is 21.5 Å². The van der Waals surface area contributed by atoms with Gasteiger partial charge in [-0.1, -0.05) is 5.92 Å². The Labute approximate surface area is 128 Å². The maximum Gasteiger partial charge on any atom is 0.256 e. The molecular weight excluding hydrogens is 281 g/mol. The first-order valence-corrected chi connectivity index (χ1v) is 6.69. The van der Waals surface area contributed by atoms with Gasteiger partial charge in [-0.15, -0.1) is 6.42 Å². The smallest absolute Gasteiger partial charge is 0.256 e. The van der Waals surface area contributed by atoms with Gasteiger partial charge in [-0.2, -0.15) is 0 Å². The van der Waals surface area contributed by atoms with Crippen molar-refractivity contribution in [2.24, 2.45) is 0 Å². The van der Waals surface area contributed by atoms with Crippen molar-refractivity contribution in [3.8, 4) is 12.3 Å². The van der Waals surface area contributed by atoms with Gasteiger partial charge in [-0.25, -0.2) is 9.37 Å². The molecule has 0 fully saturated rings. The lowest BCUT2D eigenvalue weighted by Gasteiger charge is -2.20. The van der Waals surface area contributed by atoms with Crippen molar-refractivity contribution < 1.29 is 9.18 Å². The number of terminal acetylenes is 1. The predicted octanol–water partition coefficient (Wildman–Crippen LogP) is 3.11. The number of amides is 1. The SMILES string of the molecule is C#CC(C)(C)NC(=O)c1cccnc1Nc1ccc(F)cc1. The number of rotatable bonds is 4. The van der Waals surface area contributed by atoms with E-state index in [-0.39, 0.29) is 11.7 Å². The molecule has 0 aliphatic heterocycles. The van der Waals surface area contributed by atoms with E-state index in [0.717, 1.165) is 0 Å². The minimum absolute atomic E-state index is 0.333. The van der Waals surface area contributed by atoms with Gasteiger partial charge in [-0.3, -0.25) is 4.79 Å². The van der Waals surface area contributed by atoms with E-state index < -0.39 is 5.54 Å². The average Bonchev–Trinajstić information content (AvgIpc) is 2.49. The van der Waals surface area contributed by atoms with E-state index in [1.807, 2.05) is 0 Å². The highest BCUT2D eigenvalue weighted by Gasteiger charge is 2.20. The zero-order chi connectivity index (χ0) is 16.2. The van der Waals surface area contributed by atoms with Crippen LogP contribution >= 0.6 is 0 Å². The van der Waals surface area contributed by atoms with E-state index in [0.29, 0.717) is 17.1 Å². The summed E-state index contributed by atoms with van der Waals surface area (Å²) in [7, 11) is 0. The first kappa shape index (κ1) is 15.5. The first-order valence-electron chi connectivity index (χ1n) is 6.69. The monoisotopic (exact) mass is 297 g/mol. The molecule has 1 aromatic carbocycles. The number of hydrogen-bond donors (Lipinski definition) is 2. The fourth-order valence-corrected chi connectivity index (χ4v) is 1.75. The molecule has 0 aliphatic rings. The molecule has 0 unspecified atom stereocenters. The second-order valence-corrected chi connectivity index (χ2v) is 5.25. The molecule has 5 heteroatoms. The molecule has 2 rings (SSSR count). The predicted molar refractivity (Wildman–Crippen MR) is 84.3 cm³/mol. The van der Waals surface area contributed by atoms with E-state index in [1.165, 1.54) is 12.1 Å². The summed E-state index contributed by atoms with van der Waals surface area (Å²) in [5, 5.41) is 5.74. The van der Waals surface area contributed by atoms with Crippen LogP contribution in [0.5, 0.6) is 0 Å². The third kappa shape index (κ3) is 3.83. The summed E-state index contributed by atoms with van der Waals surface area (Å²) in [5.74, 6) is 2.21. The number of nitrogens with zero attached hydrogens (tertiary/aromatic N) is 1. The van der Waals surface area contributed by atoms with Crippen molar-refractivity contribution >= 4 is 17.4 Å². The Bertz CT molecular complexity index is 717. The molecule has 0 saturated carbocycles. The number of benzene rings is 1. The third-order valence-electron chi connectivity index (χ3n) is 2.95. The molecule has 0 atom stereocenters. The Morgan fingerprint density at radius 2 is 1.95 bits per heavy atom. The van der Waals surface area contributed by atoms with Gasteiger partial charge in [0.25, 0.3) is 5.91 Å². The number of anilines is 2. The minimum atomic E-state index is -0.764. The van der Waals surface area contributed by atoms with Gasteiger partial charge in [-0.05, 0) is 50.2 Å². The second-order valence-electron chi connectivity index (χ2n) is 5.25. The van der Waals surface area contributed by atoms with E-state index in [9.17, 15) is 9.18 Å². The van der Waals surface area contributed by atoms with E-state index in [4.69, 9.17) is 6.42 Å². The molecule has 112 valence electrons. The van der Waals surface area contributed by atoms with Crippen molar-refractivity contribution in [1.82, 2.24) is 10.3 Å². The number of carbonyl (C=O) groups is 1. The van der Waals surface area contributed by atoms with Gasteiger partial charge in [0.15, 0.2) is 0 Å². The van der Waals surface area contributed by atoms with Crippen LogP contribution < -0.4 is 10.6 Å². The van der Waals surface area contributed by atoms with Crippen LogP contribution in [0.15, 0.2) is 42.6 Å². The Kier molecular flexibility index (Phi) is 4.42. The number of aromatic nitrogens is 1. The molecule has 0 radical (unpaired) electrons. The molecule has 1 aromatic heterocycles. The van der Waals surface area contributed by atoms with Crippen molar-refractivity contribution in [3.63, 3.8) is 0 Å². The van der Waals surface area contributed by atoms with Gasteiger partial charge in [0.2, 0.25) is 0 Å². The summed E-state index contributed by atoms with van der Waals surface area (Å²) in [6.45, 7) is 3.46. The largest absolute Gasteiger partial charge is 0.340 e. The lowest BCUT2D eigenvalue weighted by molar-refractivity contribution is 0.0930. The van der Waals surface area contributed by atoms with Crippen LogP contribution in [0, 0.1) is 18.2 Å². The number of hydrogen-bond acceptors (Lipinski definition) is 3. The topological polar surface area (TPSA) is 54.0 Å². The van der Waals surface area contributed by atoms with Gasteiger partial charge < -0.3 is 10.6 Å². The molecule has 22 heavy (non-hydrogen) atoms. The number of halogens is 1. The molecule has 2 N–H and O–H groups in total. The fourth-order valence-electron chi connectivity index (χ4n) is 1.75. The van der Waals surface area contributed by atoms with Crippen LogP contribution in [-0.2, 0) is 0 Å². The summed E-state index contributed by atoms with van der Waals surface area (Å²) in [4.78, 5) is 16.5. The maximum absolute atomic E-state index is 12.9. The Balaban J connectivity index is 2.25. The lowest BCUT2D eigenvalue weighted by atomic mass is 10.1. The highest BCUT2D eigenvalue weighted by molar-refractivity contribution is 5.99. The zero-order valence-electron chi connectivity index (χ0n) is 12.4. The molecular formula is C17H16FN3O. The van der Waals surface area contributed by atoms with Crippen LogP contribution in [0.25, 0.3) is 0 Å². The quantitative estimate of drug-likeness (QED) is 0.853. The Morgan fingerprint density at radius 1 is 1.27 bits per heavy atom. The van der Waals surface area contributed by atoms with Crippen molar-refractivity contribution in [2.45, 2.75) is 19.4 Å². The van der Waals surface area contributed by atoms with Crippen LogP contribution in [0.2, 0.25) is 0 Å². The van der Waals surface area contributed by atoms with E-state index in [1.54, 1.807) is 44.3 Å². The number of pyridine rings is 1. The second kappa shape index (κ2) is 6.27. The van der Waals surface area contributed by atoms with Crippen LogP contribution in [0.4, 0.5) is 15.9 Å². The van der Waals surface area contributed by atoms with Crippen molar-refractivity contribution in [1.29, 1.82) is 0 Å². The normalized spacial score (nSPS) is 10.6. The summed E-state index contributed by atoms with van der Waals surface area (Å²) in [5.41, 5.74) is 0.223. The van der Waals surface area contributed by atoms with Crippen LogP contribution in [0.1, 0.15) is 24.2 Å². The molecule has 4 nitrogen and oxygen atoms in total. The molecule has 1 amide bonds. The molecule has 0 bridgehead atoms. The van der Waals surface area contributed by atoms with Crippen LogP contribution in [0.3, 0.4) is 0 Å². The Hall–Kier alpha value is -2.87. The van der Waals surface area contributed by atoms with Gasteiger partial charge in [0.05, 0.1) is 11.1 Å². The highest BCUT2D eigenvalue weighted by Crippen LogP contribution is 2.19. The molecule has 0 saturated heterocycles. The zero-order valence-corrected chi connectivity index (χ0v) is 12.4. The summed E-state index contributed by atoms with van der Waals surface area (Å²) >= 11 is 0. The van der Waals surface area contributed by atoms with Gasteiger partial charge in [0, 0.05) is 11.9 Å². The van der Waals surface area contributed by atoms with Crippen molar-refractivity contribution in [2.75, 3.05) is 5.32 Å². The standard InChI is InChI=1S/C17H16FN3O/c1-4-17(2,3)21-16(22)14-6-5-11-19-15(14)20-13-9-7-12(18)8-10-13/h1,5-11H,2-3H3,(H,19,20)(H,21,22). The molecule has 2 aromatic rings. The molecule has 0 aliphatic carbocycles. The van der Waals surface area contributed by atoms with Gasteiger partial charge >= 0.3 is 0 Å².